The Kier molecular flexibility index (Phi) is 3.49. The number of rotatable bonds is 3. The standard InChI is InChI=1S/C16H21N3O2/c1-4-14-18-15(16(17)19(14)10(2)3)11-5-6-12-13(9-11)21-8-7-20-12/h5-6,9-10H,4,7-8,17H2,1-3H3. The van der Waals surface area contributed by atoms with Gasteiger partial charge in [0.15, 0.2) is 11.5 Å². The first kappa shape index (κ1) is 13.8. The number of nitrogen functional groups attached to an aromatic ring is 1. The molecule has 0 bridgehead atoms. The van der Waals surface area contributed by atoms with Gasteiger partial charge < -0.3 is 19.8 Å². The molecule has 0 spiro atoms. The van der Waals surface area contributed by atoms with Crippen LogP contribution in [-0.4, -0.2) is 22.8 Å². The zero-order valence-corrected chi connectivity index (χ0v) is 12.7. The third kappa shape index (κ3) is 2.33. The molecule has 5 nitrogen and oxygen atoms in total. The number of nitrogens with zero attached hydrogens (tertiary/aromatic N) is 2. The van der Waals surface area contributed by atoms with Gasteiger partial charge in [0.25, 0.3) is 0 Å². The van der Waals surface area contributed by atoms with Gasteiger partial charge in [-0.05, 0) is 32.0 Å². The number of imidazole rings is 1. The molecule has 2 N–H and O–H groups in total. The summed E-state index contributed by atoms with van der Waals surface area (Å²) in [7, 11) is 0. The summed E-state index contributed by atoms with van der Waals surface area (Å²) in [6.07, 6.45) is 0.854. The minimum absolute atomic E-state index is 0.290. The van der Waals surface area contributed by atoms with Gasteiger partial charge in [0, 0.05) is 18.0 Å². The zero-order chi connectivity index (χ0) is 15.0. The third-order valence-corrected chi connectivity index (χ3v) is 3.67. The molecule has 0 saturated carbocycles. The van der Waals surface area contributed by atoms with Crippen LogP contribution in [0.2, 0.25) is 0 Å². The van der Waals surface area contributed by atoms with Crippen molar-refractivity contribution in [3.8, 4) is 22.8 Å². The Hall–Kier alpha value is -2.17. The molecule has 0 amide bonds. The summed E-state index contributed by atoms with van der Waals surface area (Å²) in [5.74, 6) is 3.25. The molecule has 1 aromatic heterocycles. The SMILES string of the molecule is CCc1nc(-c2ccc3c(c2)OCCO3)c(N)n1C(C)C. The summed E-state index contributed by atoms with van der Waals surface area (Å²) in [4.78, 5) is 4.71. The molecular weight excluding hydrogens is 266 g/mol. The van der Waals surface area contributed by atoms with Crippen LogP contribution in [0.3, 0.4) is 0 Å². The van der Waals surface area contributed by atoms with Crippen molar-refractivity contribution in [2.45, 2.75) is 33.2 Å². The lowest BCUT2D eigenvalue weighted by Gasteiger charge is -2.18. The predicted molar refractivity (Wildman–Crippen MR) is 82.8 cm³/mol. The van der Waals surface area contributed by atoms with Crippen LogP contribution in [0.5, 0.6) is 11.5 Å². The Balaban J connectivity index is 2.08. The monoisotopic (exact) mass is 287 g/mol. The number of benzene rings is 1. The summed E-state index contributed by atoms with van der Waals surface area (Å²) in [6.45, 7) is 7.49. The fourth-order valence-electron chi connectivity index (χ4n) is 2.72. The number of aromatic nitrogens is 2. The Morgan fingerprint density at radius 2 is 1.95 bits per heavy atom. The molecule has 0 unspecified atom stereocenters. The van der Waals surface area contributed by atoms with Gasteiger partial charge in [0.2, 0.25) is 0 Å². The topological polar surface area (TPSA) is 62.3 Å². The second-order valence-corrected chi connectivity index (χ2v) is 5.44. The Labute approximate surface area is 124 Å². The van der Waals surface area contributed by atoms with Gasteiger partial charge in [-0.1, -0.05) is 6.92 Å². The molecule has 0 radical (unpaired) electrons. The second kappa shape index (κ2) is 5.31. The molecule has 112 valence electrons. The third-order valence-electron chi connectivity index (χ3n) is 3.67. The smallest absolute Gasteiger partial charge is 0.162 e. The molecule has 5 heteroatoms. The molecule has 0 atom stereocenters. The lowest BCUT2D eigenvalue weighted by molar-refractivity contribution is 0.171. The fourth-order valence-corrected chi connectivity index (χ4v) is 2.72. The van der Waals surface area contributed by atoms with E-state index in [9.17, 15) is 0 Å². The normalized spacial score (nSPS) is 13.7. The minimum atomic E-state index is 0.290. The quantitative estimate of drug-likeness (QED) is 0.942. The van der Waals surface area contributed by atoms with E-state index >= 15 is 0 Å². The molecule has 2 aromatic rings. The molecular formula is C16H21N3O2. The van der Waals surface area contributed by atoms with Crippen molar-refractivity contribution in [3.63, 3.8) is 0 Å². The van der Waals surface area contributed by atoms with Crippen molar-refractivity contribution in [1.29, 1.82) is 0 Å². The number of anilines is 1. The van der Waals surface area contributed by atoms with Gasteiger partial charge >= 0.3 is 0 Å². The van der Waals surface area contributed by atoms with E-state index in [4.69, 9.17) is 20.2 Å². The molecule has 0 fully saturated rings. The van der Waals surface area contributed by atoms with Crippen LogP contribution in [0, 0.1) is 0 Å². The predicted octanol–water partition coefficient (Wildman–Crippen LogP) is 3.05. The van der Waals surface area contributed by atoms with Gasteiger partial charge in [-0.3, -0.25) is 0 Å². The first-order valence-electron chi connectivity index (χ1n) is 7.38. The first-order valence-corrected chi connectivity index (χ1v) is 7.38. The molecule has 1 aromatic carbocycles. The number of ether oxygens (including phenoxy) is 2. The highest BCUT2D eigenvalue weighted by Crippen LogP contribution is 2.36. The van der Waals surface area contributed by atoms with E-state index in [0.29, 0.717) is 25.1 Å². The van der Waals surface area contributed by atoms with Crippen molar-refractivity contribution in [3.05, 3.63) is 24.0 Å². The van der Waals surface area contributed by atoms with E-state index in [0.717, 1.165) is 35.0 Å². The number of fused-ring (bicyclic) bond motifs is 1. The summed E-state index contributed by atoms with van der Waals surface area (Å²) < 4.78 is 13.3. The van der Waals surface area contributed by atoms with Crippen molar-refractivity contribution < 1.29 is 9.47 Å². The van der Waals surface area contributed by atoms with Gasteiger partial charge in [-0.25, -0.2) is 4.98 Å². The van der Waals surface area contributed by atoms with E-state index in [2.05, 4.69) is 25.3 Å². The largest absolute Gasteiger partial charge is 0.486 e. The van der Waals surface area contributed by atoms with Crippen molar-refractivity contribution in [2.75, 3.05) is 18.9 Å². The van der Waals surface area contributed by atoms with Crippen LogP contribution >= 0.6 is 0 Å². The Morgan fingerprint density at radius 1 is 1.24 bits per heavy atom. The van der Waals surface area contributed by atoms with E-state index in [1.807, 2.05) is 18.2 Å². The Bertz CT molecular complexity index is 662. The Morgan fingerprint density at radius 3 is 2.57 bits per heavy atom. The number of hydrogen-bond acceptors (Lipinski definition) is 4. The second-order valence-electron chi connectivity index (χ2n) is 5.44. The number of aryl methyl sites for hydroxylation is 1. The summed E-state index contributed by atoms with van der Waals surface area (Å²) in [5, 5.41) is 0. The van der Waals surface area contributed by atoms with Gasteiger partial charge in [-0.15, -0.1) is 0 Å². The van der Waals surface area contributed by atoms with Crippen LogP contribution in [0.1, 0.15) is 32.6 Å². The van der Waals surface area contributed by atoms with Crippen LogP contribution in [0.25, 0.3) is 11.3 Å². The highest BCUT2D eigenvalue weighted by molar-refractivity contribution is 5.73. The summed E-state index contributed by atoms with van der Waals surface area (Å²) in [5.41, 5.74) is 8.10. The van der Waals surface area contributed by atoms with Gasteiger partial charge in [0.05, 0.1) is 0 Å². The summed E-state index contributed by atoms with van der Waals surface area (Å²) in [6, 6.07) is 6.15. The number of nitrogens with two attached hydrogens (primary N) is 1. The van der Waals surface area contributed by atoms with Crippen LogP contribution in [0.4, 0.5) is 5.82 Å². The zero-order valence-electron chi connectivity index (χ0n) is 12.7. The van der Waals surface area contributed by atoms with Crippen LogP contribution < -0.4 is 15.2 Å². The van der Waals surface area contributed by atoms with Gasteiger partial charge in [0.1, 0.15) is 30.5 Å². The van der Waals surface area contributed by atoms with Crippen molar-refractivity contribution >= 4 is 5.82 Å². The van der Waals surface area contributed by atoms with E-state index in [1.54, 1.807) is 0 Å². The summed E-state index contributed by atoms with van der Waals surface area (Å²) >= 11 is 0. The molecule has 1 aliphatic rings. The fraction of sp³-hybridized carbons (Fsp3) is 0.438. The van der Waals surface area contributed by atoms with E-state index in [1.165, 1.54) is 0 Å². The molecule has 3 rings (SSSR count). The number of hydrogen-bond donors (Lipinski definition) is 1. The molecule has 0 aliphatic carbocycles. The maximum absolute atomic E-state index is 6.32. The lowest BCUT2D eigenvalue weighted by atomic mass is 10.1. The van der Waals surface area contributed by atoms with Gasteiger partial charge in [-0.2, -0.15) is 0 Å². The molecule has 2 heterocycles. The first-order chi connectivity index (χ1) is 10.1. The minimum Gasteiger partial charge on any atom is -0.486 e. The van der Waals surface area contributed by atoms with Crippen LogP contribution in [-0.2, 0) is 6.42 Å². The average Bonchev–Trinajstić information content (AvgIpc) is 2.83. The maximum Gasteiger partial charge on any atom is 0.162 e. The average molecular weight is 287 g/mol. The van der Waals surface area contributed by atoms with Crippen LogP contribution in [0.15, 0.2) is 18.2 Å². The highest BCUT2D eigenvalue weighted by atomic mass is 16.6. The highest BCUT2D eigenvalue weighted by Gasteiger charge is 2.19. The molecule has 21 heavy (non-hydrogen) atoms. The van der Waals surface area contributed by atoms with Crippen molar-refractivity contribution in [1.82, 2.24) is 9.55 Å². The van der Waals surface area contributed by atoms with Crippen molar-refractivity contribution in [2.24, 2.45) is 0 Å². The van der Waals surface area contributed by atoms with E-state index in [-0.39, 0.29) is 0 Å². The molecule has 0 saturated heterocycles. The lowest BCUT2D eigenvalue weighted by Crippen LogP contribution is -2.15. The maximum atomic E-state index is 6.32. The van der Waals surface area contributed by atoms with E-state index < -0.39 is 0 Å². The molecule has 1 aliphatic heterocycles.